The van der Waals surface area contributed by atoms with Crippen LogP contribution in [0.25, 0.3) is 10.9 Å². The zero-order valence-corrected chi connectivity index (χ0v) is 13.3. The van der Waals surface area contributed by atoms with Gasteiger partial charge in [0, 0.05) is 17.3 Å². The van der Waals surface area contributed by atoms with Crippen molar-refractivity contribution < 1.29 is 4.39 Å². The van der Waals surface area contributed by atoms with Gasteiger partial charge in [-0.15, -0.1) is 12.4 Å². The predicted octanol–water partition coefficient (Wildman–Crippen LogP) is 4.97. The van der Waals surface area contributed by atoms with E-state index in [-0.39, 0.29) is 17.9 Å². The number of rotatable bonds is 3. The zero-order valence-electron chi connectivity index (χ0n) is 12.5. The van der Waals surface area contributed by atoms with Gasteiger partial charge < -0.3 is 5.32 Å². The summed E-state index contributed by atoms with van der Waals surface area (Å²) in [6.45, 7) is 2.09. The lowest BCUT2D eigenvalue weighted by Crippen LogP contribution is -1.98. The third-order valence-electron chi connectivity index (χ3n) is 3.60. The molecule has 1 N–H and O–H groups in total. The number of hydrogen-bond donors (Lipinski definition) is 1. The Labute approximate surface area is 140 Å². The van der Waals surface area contributed by atoms with E-state index >= 15 is 0 Å². The lowest BCUT2D eigenvalue weighted by molar-refractivity contribution is 0.637. The van der Waals surface area contributed by atoms with E-state index < -0.39 is 5.82 Å². The largest absolute Gasteiger partial charge is 0.354 e. The van der Waals surface area contributed by atoms with Crippen molar-refractivity contribution in [2.75, 3.05) is 5.32 Å². The third-order valence-corrected chi connectivity index (χ3v) is 3.60. The average molecular weight is 328 g/mol. The molecule has 0 atom stereocenters. The standard InChI is InChI=1S/C18H14FN3.ClH/c1-2-12-6-8-14(9-7-12)22-17-13(10-20)11-21-18-15(17)4-3-5-16(18)19;/h3-9,11H,2H2,1H3,(H,21,22);1H. The molecule has 23 heavy (non-hydrogen) atoms. The van der Waals surface area contributed by atoms with Crippen molar-refractivity contribution in [2.24, 2.45) is 0 Å². The van der Waals surface area contributed by atoms with Gasteiger partial charge in [0.2, 0.25) is 0 Å². The van der Waals surface area contributed by atoms with Crippen molar-refractivity contribution in [3.63, 3.8) is 0 Å². The molecule has 5 heteroatoms. The first-order valence-corrected chi connectivity index (χ1v) is 7.06. The predicted molar refractivity (Wildman–Crippen MR) is 92.8 cm³/mol. The zero-order chi connectivity index (χ0) is 15.5. The quantitative estimate of drug-likeness (QED) is 0.738. The number of hydrogen-bond acceptors (Lipinski definition) is 3. The van der Waals surface area contributed by atoms with E-state index in [1.807, 2.05) is 24.3 Å². The molecule has 116 valence electrons. The molecule has 0 aliphatic carbocycles. The maximum absolute atomic E-state index is 13.9. The summed E-state index contributed by atoms with van der Waals surface area (Å²) in [7, 11) is 0. The Morgan fingerprint density at radius 1 is 1.17 bits per heavy atom. The molecule has 0 radical (unpaired) electrons. The highest BCUT2D eigenvalue weighted by atomic mass is 35.5. The maximum Gasteiger partial charge on any atom is 0.149 e. The molecule has 0 spiro atoms. The normalized spacial score (nSPS) is 9.96. The van der Waals surface area contributed by atoms with Gasteiger partial charge in [0.15, 0.2) is 0 Å². The lowest BCUT2D eigenvalue weighted by atomic mass is 10.1. The molecular weight excluding hydrogens is 313 g/mol. The molecule has 0 amide bonds. The van der Waals surface area contributed by atoms with Gasteiger partial charge in [0.1, 0.15) is 17.4 Å². The molecule has 3 rings (SSSR count). The summed E-state index contributed by atoms with van der Waals surface area (Å²) >= 11 is 0. The summed E-state index contributed by atoms with van der Waals surface area (Å²) in [6, 6.07) is 14.8. The van der Waals surface area contributed by atoms with Crippen LogP contribution in [0.5, 0.6) is 0 Å². The Morgan fingerprint density at radius 2 is 1.91 bits per heavy atom. The topological polar surface area (TPSA) is 48.7 Å². The number of aromatic nitrogens is 1. The monoisotopic (exact) mass is 327 g/mol. The molecule has 0 saturated carbocycles. The Morgan fingerprint density at radius 3 is 2.57 bits per heavy atom. The van der Waals surface area contributed by atoms with Crippen LogP contribution in [0.3, 0.4) is 0 Å². The summed E-state index contributed by atoms with van der Waals surface area (Å²) in [5.74, 6) is -0.397. The fourth-order valence-electron chi connectivity index (χ4n) is 2.37. The number of nitriles is 1. The van der Waals surface area contributed by atoms with Gasteiger partial charge in [-0.1, -0.05) is 31.2 Å². The van der Waals surface area contributed by atoms with E-state index in [1.165, 1.54) is 17.8 Å². The van der Waals surface area contributed by atoms with Crippen LogP contribution < -0.4 is 5.32 Å². The van der Waals surface area contributed by atoms with E-state index in [9.17, 15) is 9.65 Å². The number of halogens is 2. The molecule has 2 aromatic carbocycles. The Bertz CT molecular complexity index is 870. The van der Waals surface area contributed by atoms with Crippen molar-refractivity contribution in [3.05, 3.63) is 65.6 Å². The molecule has 0 saturated heterocycles. The van der Waals surface area contributed by atoms with Crippen LogP contribution in [0.2, 0.25) is 0 Å². The van der Waals surface area contributed by atoms with E-state index in [2.05, 4.69) is 23.3 Å². The van der Waals surface area contributed by atoms with Crippen molar-refractivity contribution in [3.8, 4) is 6.07 Å². The number of fused-ring (bicyclic) bond motifs is 1. The number of nitrogens with zero attached hydrogens (tertiary/aromatic N) is 2. The highest BCUT2D eigenvalue weighted by Gasteiger charge is 2.11. The van der Waals surface area contributed by atoms with Crippen LogP contribution in [0, 0.1) is 17.1 Å². The molecule has 0 aliphatic rings. The van der Waals surface area contributed by atoms with Gasteiger partial charge in [0.25, 0.3) is 0 Å². The number of para-hydroxylation sites is 1. The second-order valence-corrected chi connectivity index (χ2v) is 4.97. The van der Waals surface area contributed by atoms with E-state index in [1.54, 1.807) is 12.1 Å². The fraction of sp³-hybridized carbons (Fsp3) is 0.111. The first kappa shape index (κ1) is 16.7. The Hall–Kier alpha value is -2.64. The van der Waals surface area contributed by atoms with Gasteiger partial charge in [-0.05, 0) is 30.2 Å². The Balaban J connectivity index is 0.00000192. The summed E-state index contributed by atoms with van der Waals surface area (Å²) in [6.07, 6.45) is 2.36. The lowest BCUT2D eigenvalue weighted by Gasteiger charge is -2.12. The molecule has 0 fully saturated rings. The van der Waals surface area contributed by atoms with Crippen LogP contribution in [-0.2, 0) is 6.42 Å². The van der Waals surface area contributed by atoms with Crippen LogP contribution in [-0.4, -0.2) is 4.98 Å². The van der Waals surface area contributed by atoms with Crippen LogP contribution in [0.1, 0.15) is 18.1 Å². The SMILES string of the molecule is CCc1ccc(Nc2c(C#N)cnc3c(F)cccc23)cc1.Cl. The highest BCUT2D eigenvalue weighted by Crippen LogP contribution is 2.29. The first-order valence-electron chi connectivity index (χ1n) is 7.06. The van der Waals surface area contributed by atoms with E-state index in [0.717, 1.165) is 12.1 Å². The van der Waals surface area contributed by atoms with Crippen molar-refractivity contribution >= 4 is 34.7 Å². The minimum Gasteiger partial charge on any atom is -0.354 e. The molecule has 0 bridgehead atoms. The molecular formula is C18H15ClFN3. The smallest absolute Gasteiger partial charge is 0.149 e. The molecule has 3 nitrogen and oxygen atoms in total. The third kappa shape index (κ3) is 3.25. The molecule has 1 aromatic heterocycles. The molecule has 0 aliphatic heterocycles. The minimum atomic E-state index is -0.397. The van der Waals surface area contributed by atoms with Crippen molar-refractivity contribution in [1.82, 2.24) is 4.98 Å². The summed E-state index contributed by atoms with van der Waals surface area (Å²) in [5, 5.41) is 13.1. The fourth-order valence-corrected chi connectivity index (χ4v) is 2.37. The van der Waals surface area contributed by atoms with Crippen LogP contribution in [0.15, 0.2) is 48.7 Å². The second kappa shape index (κ2) is 7.08. The summed E-state index contributed by atoms with van der Waals surface area (Å²) in [5.41, 5.74) is 3.31. The van der Waals surface area contributed by atoms with E-state index in [4.69, 9.17) is 0 Å². The molecule has 0 unspecified atom stereocenters. The highest BCUT2D eigenvalue weighted by molar-refractivity contribution is 5.95. The van der Waals surface area contributed by atoms with Gasteiger partial charge in [-0.2, -0.15) is 5.26 Å². The maximum atomic E-state index is 13.9. The van der Waals surface area contributed by atoms with E-state index in [0.29, 0.717) is 16.6 Å². The van der Waals surface area contributed by atoms with Crippen LogP contribution in [0.4, 0.5) is 15.8 Å². The van der Waals surface area contributed by atoms with Crippen molar-refractivity contribution in [1.29, 1.82) is 5.26 Å². The molecule has 3 aromatic rings. The number of aryl methyl sites for hydroxylation is 1. The Kier molecular flexibility index (Phi) is 5.15. The molecule has 1 heterocycles. The summed E-state index contributed by atoms with van der Waals surface area (Å²) < 4.78 is 13.9. The van der Waals surface area contributed by atoms with Crippen LogP contribution >= 0.6 is 12.4 Å². The number of nitrogens with one attached hydrogen (secondary N) is 1. The van der Waals surface area contributed by atoms with Gasteiger partial charge in [-0.25, -0.2) is 4.39 Å². The number of benzene rings is 2. The number of pyridine rings is 1. The van der Waals surface area contributed by atoms with Gasteiger partial charge in [-0.3, -0.25) is 4.98 Å². The summed E-state index contributed by atoms with van der Waals surface area (Å²) in [4.78, 5) is 4.04. The van der Waals surface area contributed by atoms with Crippen molar-refractivity contribution in [2.45, 2.75) is 13.3 Å². The number of anilines is 2. The average Bonchev–Trinajstić information content (AvgIpc) is 2.56. The minimum absolute atomic E-state index is 0. The second-order valence-electron chi connectivity index (χ2n) is 4.97. The first-order chi connectivity index (χ1) is 10.7. The van der Waals surface area contributed by atoms with Gasteiger partial charge in [0.05, 0.1) is 11.3 Å². The van der Waals surface area contributed by atoms with Gasteiger partial charge >= 0.3 is 0 Å².